The summed E-state index contributed by atoms with van der Waals surface area (Å²) < 4.78 is 5.46. The fourth-order valence-electron chi connectivity index (χ4n) is 5.86. The van der Waals surface area contributed by atoms with E-state index in [-0.39, 0.29) is 0 Å². The van der Waals surface area contributed by atoms with E-state index < -0.39 is 11.4 Å². The van der Waals surface area contributed by atoms with Gasteiger partial charge in [0, 0.05) is 0 Å². The predicted molar refractivity (Wildman–Crippen MR) is 163 cm³/mol. The lowest BCUT2D eigenvalue weighted by atomic mass is 9.77. The van der Waals surface area contributed by atoms with Gasteiger partial charge in [-0.2, -0.15) is 5.26 Å². The summed E-state index contributed by atoms with van der Waals surface area (Å²) in [6, 6.07) is 18.7. The van der Waals surface area contributed by atoms with Crippen LogP contribution in [-0.4, -0.2) is 5.97 Å². The Labute approximate surface area is 238 Å². The molecule has 0 radical (unpaired) electrons. The van der Waals surface area contributed by atoms with Gasteiger partial charge in [0.2, 0.25) is 0 Å². The molecule has 1 aliphatic rings. The molecule has 3 heteroatoms. The summed E-state index contributed by atoms with van der Waals surface area (Å²) in [5, 5.41) is 9.30. The standard InChI is InChI=1S/C36H51NO2/c1-4-6-7-8-9-10-11-12-13-14-15-29-16-18-30(19-17-29)31-20-22-32(23-21-31)33-24-26-34(27-25-33)39-35(38)36(3,5-2)28-37/h20-27,29-30H,4-19H2,1-3H3. The van der Waals surface area contributed by atoms with Crippen LogP contribution < -0.4 is 4.74 Å². The second-order valence-corrected chi connectivity index (χ2v) is 12.0. The molecule has 1 fully saturated rings. The molecule has 1 aliphatic carbocycles. The van der Waals surface area contributed by atoms with E-state index in [4.69, 9.17) is 4.74 Å². The first-order chi connectivity index (χ1) is 19.0. The van der Waals surface area contributed by atoms with Crippen molar-refractivity contribution >= 4 is 5.97 Å². The van der Waals surface area contributed by atoms with Gasteiger partial charge in [-0.15, -0.1) is 0 Å². The second-order valence-electron chi connectivity index (χ2n) is 12.0. The molecule has 0 amide bonds. The van der Waals surface area contributed by atoms with E-state index in [9.17, 15) is 10.1 Å². The highest BCUT2D eigenvalue weighted by atomic mass is 16.5. The second kappa shape index (κ2) is 16.5. The minimum absolute atomic E-state index is 0.424. The van der Waals surface area contributed by atoms with Gasteiger partial charge in [0.15, 0.2) is 5.41 Å². The Morgan fingerprint density at radius 2 is 1.31 bits per heavy atom. The van der Waals surface area contributed by atoms with Gasteiger partial charge in [-0.25, -0.2) is 4.79 Å². The van der Waals surface area contributed by atoms with Crippen LogP contribution in [0.1, 0.15) is 135 Å². The third-order valence-electron chi connectivity index (χ3n) is 9.00. The summed E-state index contributed by atoms with van der Waals surface area (Å²) in [6.45, 7) is 5.73. The monoisotopic (exact) mass is 529 g/mol. The van der Waals surface area contributed by atoms with Crippen LogP contribution in [-0.2, 0) is 4.79 Å². The molecular formula is C36H51NO2. The zero-order valence-corrected chi connectivity index (χ0v) is 24.9. The zero-order valence-electron chi connectivity index (χ0n) is 24.9. The molecule has 39 heavy (non-hydrogen) atoms. The maximum Gasteiger partial charge on any atom is 0.331 e. The molecule has 1 unspecified atom stereocenters. The lowest BCUT2D eigenvalue weighted by Crippen LogP contribution is -2.29. The molecule has 3 rings (SSSR count). The fourth-order valence-corrected chi connectivity index (χ4v) is 5.86. The molecule has 212 valence electrons. The number of nitriles is 1. The van der Waals surface area contributed by atoms with E-state index in [1.165, 1.54) is 107 Å². The van der Waals surface area contributed by atoms with E-state index >= 15 is 0 Å². The lowest BCUT2D eigenvalue weighted by Gasteiger charge is -2.29. The number of carbonyl (C=O) groups excluding carboxylic acids is 1. The van der Waals surface area contributed by atoms with E-state index in [2.05, 4.69) is 37.3 Å². The molecule has 1 saturated carbocycles. The van der Waals surface area contributed by atoms with Gasteiger partial charge in [0.05, 0.1) is 6.07 Å². The third kappa shape index (κ3) is 9.82. The van der Waals surface area contributed by atoms with Gasteiger partial charge in [0.1, 0.15) is 5.75 Å². The van der Waals surface area contributed by atoms with Crippen molar-refractivity contribution in [3.8, 4) is 22.9 Å². The fraction of sp³-hybridized carbons (Fsp3) is 0.611. The quantitative estimate of drug-likeness (QED) is 0.123. The van der Waals surface area contributed by atoms with Crippen LogP contribution in [0.15, 0.2) is 48.5 Å². The smallest absolute Gasteiger partial charge is 0.331 e. The van der Waals surface area contributed by atoms with E-state index in [0.29, 0.717) is 18.1 Å². The van der Waals surface area contributed by atoms with Crippen LogP contribution in [0.25, 0.3) is 11.1 Å². The highest BCUT2D eigenvalue weighted by molar-refractivity contribution is 5.81. The van der Waals surface area contributed by atoms with Crippen LogP contribution in [0.3, 0.4) is 0 Å². The Morgan fingerprint density at radius 1 is 0.795 bits per heavy atom. The minimum Gasteiger partial charge on any atom is -0.425 e. The maximum absolute atomic E-state index is 12.3. The Hall–Kier alpha value is -2.60. The van der Waals surface area contributed by atoms with Crippen molar-refractivity contribution in [3.05, 3.63) is 54.1 Å². The summed E-state index contributed by atoms with van der Waals surface area (Å²) in [5.41, 5.74) is 2.62. The van der Waals surface area contributed by atoms with Crippen molar-refractivity contribution in [2.24, 2.45) is 11.3 Å². The summed E-state index contributed by atoms with van der Waals surface area (Å²) in [6.07, 6.45) is 21.5. The number of rotatable bonds is 16. The van der Waals surface area contributed by atoms with E-state index in [1.807, 2.05) is 31.2 Å². The summed E-state index contributed by atoms with van der Waals surface area (Å²) in [4.78, 5) is 12.3. The predicted octanol–water partition coefficient (Wildman–Crippen LogP) is 10.8. The molecule has 2 aromatic rings. The van der Waals surface area contributed by atoms with E-state index in [1.54, 1.807) is 6.92 Å². The number of nitrogens with zero attached hydrogens (tertiary/aromatic N) is 1. The Balaban J connectivity index is 1.36. The summed E-state index contributed by atoms with van der Waals surface area (Å²) in [5.74, 6) is 1.61. The van der Waals surface area contributed by atoms with Crippen molar-refractivity contribution in [1.82, 2.24) is 0 Å². The molecular weight excluding hydrogens is 478 g/mol. The number of carbonyl (C=O) groups is 1. The molecule has 2 aromatic carbocycles. The van der Waals surface area contributed by atoms with Crippen molar-refractivity contribution in [3.63, 3.8) is 0 Å². The summed E-state index contributed by atoms with van der Waals surface area (Å²) >= 11 is 0. The van der Waals surface area contributed by atoms with Gasteiger partial charge in [-0.1, -0.05) is 121 Å². The topological polar surface area (TPSA) is 50.1 Å². The first-order valence-electron chi connectivity index (χ1n) is 15.8. The SMILES string of the molecule is CCCCCCCCCCCCC1CCC(c2ccc(-c3ccc(OC(=O)C(C)(C#N)CC)cc3)cc2)CC1. The highest BCUT2D eigenvalue weighted by Crippen LogP contribution is 2.38. The molecule has 0 bridgehead atoms. The number of benzene rings is 2. The molecule has 0 aliphatic heterocycles. The average Bonchev–Trinajstić information content (AvgIpc) is 2.98. The van der Waals surface area contributed by atoms with Gasteiger partial charge >= 0.3 is 5.97 Å². The van der Waals surface area contributed by atoms with Crippen molar-refractivity contribution in [2.45, 2.75) is 129 Å². The average molecular weight is 530 g/mol. The van der Waals surface area contributed by atoms with Crippen LogP contribution in [0.4, 0.5) is 0 Å². The molecule has 3 nitrogen and oxygen atoms in total. The molecule has 0 spiro atoms. The normalized spacial score (nSPS) is 18.7. The summed E-state index contributed by atoms with van der Waals surface area (Å²) in [7, 11) is 0. The Kier molecular flexibility index (Phi) is 13.1. The number of hydrogen-bond donors (Lipinski definition) is 0. The van der Waals surface area contributed by atoms with Crippen LogP contribution in [0.5, 0.6) is 5.75 Å². The number of ether oxygens (including phenoxy) is 1. The number of hydrogen-bond acceptors (Lipinski definition) is 3. The third-order valence-corrected chi connectivity index (χ3v) is 9.00. The van der Waals surface area contributed by atoms with Gasteiger partial charge in [-0.05, 0) is 79.7 Å². The zero-order chi connectivity index (χ0) is 27.9. The molecule has 0 saturated heterocycles. The Bertz CT molecular complexity index is 1010. The highest BCUT2D eigenvalue weighted by Gasteiger charge is 2.33. The van der Waals surface area contributed by atoms with Crippen LogP contribution in [0.2, 0.25) is 0 Å². The molecule has 0 heterocycles. The van der Waals surface area contributed by atoms with Gasteiger partial charge in [-0.3, -0.25) is 0 Å². The van der Waals surface area contributed by atoms with Crippen molar-refractivity contribution < 1.29 is 9.53 Å². The first kappa shape index (κ1) is 30.9. The Morgan fingerprint density at radius 3 is 1.82 bits per heavy atom. The van der Waals surface area contributed by atoms with Gasteiger partial charge in [0.25, 0.3) is 0 Å². The minimum atomic E-state index is -1.11. The van der Waals surface area contributed by atoms with Crippen LogP contribution >= 0.6 is 0 Å². The van der Waals surface area contributed by atoms with Gasteiger partial charge < -0.3 is 4.74 Å². The van der Waals surface area contributed by atoms with E-state index in [0.717, 1.165) is 11.5 Å². The number of esters is 1. The maximum atomic E-state index is 12.3. The van der Waals surface area contributed by atoms with Crippen molar-refractivity contribution in [2.75, 3.05) is 0 Å². The van der Waals surface area contributed by atoms with Crippen LogP contribution in [0, 0.1) is 22.7 Å². The molecule has 1 atom stereocenters. The molecule has 0 N–H and O–H groups in total. The largest absolute Gasteiger partial charge is 0.425 e. The molecule has 0 aromatic heterocycles. The van der Waals surface area contributed by atoms with Crippen molar-refractivity contribution in [1.29, 1.82) is 5.26 Å². The lowest BCUT2D eigenvalue weighted by molar-refractivity contribution is -0.141. The number of unbranched alkanes of at least 4 members (excludes halogenated alkanes) is 9. The first-order valence-corrected chi connectivity index (χ1v) is 15.8.